The van der Waals surface area contributed by atoms with Gasteiger partial charge in [0.05, 0.1) is 0 Å². The predicted octanol–water partition coefficient (Wildman–Crippen LogP) is 3.52. The molecule has 1 unspecified atom stereocenters. The van der Waals surface area contributed by atoms with Crippen LogP contribution in [0.25, 0.3) is 0 Å². The van der Waals surface area contributed by atoms with E-state index in [1.807, 2.05) is 41.3 Å². The van der Waals surface area contributed by atoms with E-state index in [1.165, 1.54) is 5.56 Å². The zero-order chi connectivity index (χ0) is 16.1. The number of ether oxygens (including phenoxy) is 1. The monoisotopic (exact) mass is 309 g/mol. The molecular weight excluding hydrogens is 286 g/mol. The van der Waals surface area contributed by atoms with Crippen molar-refractivity contribution in [2.75, 3.05) is 19.7 Å². The van der Waals surface area contributed by atoms with Crippen molar-refractivity contribution in [3.63, 3.8) is 0 Å². The Morgan fingerprint density at radius 3 is 2.61 bits per heavy atom. The van der Waals surface area contributed by atoms with Crippen LogP contribution in [0, 0.1) is 5.92 Å². The second-order valence-electron chi connectivity index (χ2n) is 6.29. The largest absolute Gasteiger partial charge is 0.483 e. The molecule has 0 aromatic heterocycles. The summed E-state index contributed by atoms with van der Waals surface area (Å²) in [6.45, 7) is 4.02. The molecule has 3 heteroatoms. The summed E-state index contributed by atoms with van der Waals surface area (Å²) in [6, 6.07) is 18.3. The van der Waals surface area contributed by atoms with Crippen LogP contribution in [0.1, 0.15) is 24.5 Å². The molecule has 1 saturated heterocycles. The zero-order valence-corrected chi connectivity index (χ0v) is 13.6. The van der Waals surface area contributed by atoms with Crippen molar-refractivity contribution >= 4 is 5.91 Å². The van der Waals surface area contributed by atoms with Crippen LogP contribution >= 0.6 is 0 Å². The van der Waals surface area contributed by atoms with Crippen molar-refractivity contribution in [2.24, 2.45) is 5.92 Å². The van der Waals surface area contributed by atoms with Gasteiger partial charge in [-0.15, -0.1) is 0 Å². The van der Waals surface area contributed by atoms with Crippen molar-refractivity contribution in [3.05, 3.63) is 65.7 Å². The Morgan fingerprint density at radius 2 is 1.87 bits per heavy atom. The number of likely N-dealkylation sites (tertiary alicyclic amines) is 1. The smallest absolute Gasteiger partial charge is 0.260 e. The standard InChI is InChI=1S/C20H23NO2/c1-16-11-12-21(14-16)20(22)15-23-19-10-6-5-9-18(19)13-17-7-3-2-4-8-17/h2-10,16H,11-15H2,1H3. The van der Waals surface area contributed by atoms with E-state index in [2.05, 4.69) is 25.1 Å². The second-order valence-corrected chi connectivity index (χ2v) is 6.29. The number of carbonyl (C=O) groups is 1. The first-order chi connectivity index (χ1) is 11.2. The van der Waals surface area contributed by atoms with E-state index in [0.29, 0.717) is 5.92 Å². The van der Waals surface area contributed by atoms with Crippen molar-refractivity contribution < 1.29 is 9.53 Å². The minimum atomic E-state index is 0.0869. The van der Waals surface area contributed by atoms with Crippen molar-refractivity contribution in [3.8, 4) is 5.75 Å². The Bertz CT molecular complexity index is 654. The summed E-state index contributed by atoms with van der Waals surface area (Å²) in [7, 11) is 0. The lowest BCUT2D eigenvalue weighted by Gasteiger charge is -2.17. The van der Waals surface area contributed by atoms with Gasteiger partial charge in [-0.25, -0.2) is 0 Å². The molecule has 1 atom stereocenters. The van der Waals surface area contributed by atoms with Gasteiger partial charge in [0.25, 0.3) is 5.91 Å². The van der Waals surface area contributed by atoms with Crippen LogP contribution in [0.2, 0.25) is 0 Å². The Kier molecular flexibility index (Phi) is 4.96. The summed E-state index contributed by atoms with van der Waals surface area (Å²) in [4.78, 5) is 14.1. The summed E-state index contributed by atoms with van der Waals surface area (Å²) in [5, 5.41) is 0. The van der Waals surface area contributed by atoms with Gasteiger partial charge >= 0.3 is 0 Å². The van der Waals surface area contributed by atoms with Crippen LogP contribution in [0.3, 0.4) is 0 Å². The molecule has 3 nitrogen and oxygen atoms in total. The fraction of sp³-hybridized carbons (Fsp3) is 0.350. The van der Waals surface area contributed by atoms with E-state index in [-0.39, 0.29) is 12.5 Å². The highest BCUT2D eigenvalue weighted by atomic mass is 16.5. The van der Waals surface area contributed by atoms with Gasteiger partial charge in [-0.3, -0.25) is 4.79 Å². The van der Waals surface area contributed by atoms with E-state index in [0.717, 1.165) is 37.2 Å². The Balaban J connectivity index is 1.63. The average molecular weight is 309 g/mol. The van der Waals surface area contributed by atoms with Gasteiger partial charge in [0.1, 0.15) is 5.75 Å². The van der Waals surface area contributed by atoms with E-state index in [4.69, 9.17) is 4.74 Å². The highest BCUT2D eigenvalue weighted by Gasteiger charge is 2.23. The number of rotatable bonds is 5. The van der Waals surface area contributed by atoms with Crippen LogP contribution in [-0.2, 0) is 11.2 Å². The van der Waals surface area contributed by atoms with Crippen LogP contribution in [-0.4, -0.2) is 30.5 Å². The molecule has 0 N–H and O–H groups in total. The fourth-order valence-electron chi connectivity index (χ4n) is 3.00. The van der Waals surface area contributed by atoms with Gasteiger partial charge in [-0.1, -0.05) is 55.5 Å². The molecule has 1 amide bonds. The molecule has 1 aliphatic rings. The molecular formula is C20H23NO2. The van der Waals surface area contributed by atoms with Gasteiger partial charge in [0.2, 0.25) is 0 Å². The number of carbonyl (C=O) groups excluding carboxylic acids is 1. The van der Waals surface area contributed by atoms with E-state index in [1.54, 1.807) is 0 Å². The van der Waals surface area contributed by atoms with Crippen molar-refractivity contribution in [1.29, 1.82) is 0 Å². The van der Waals surface area contributed by atoms with Gasteiger partial charge < -0.3 is 9.64 Å². The summed E-state index contributed by atoms with van der Waals surface area (Å²) in [5.74, 6) is 1.49. The maximum atomic E-state index is 12.2. The maximum Gasteiger partial charge on any atom is 0.260 e. The Labute approximate surface area is 137 Å². The summed E-state index contributed by atoms with van der Waals surface area (Å²) in [6.07, 6.45) is 1.91. The van der Waals surface area contributed by atoms with Crippen molar-refractivity contribution in [2.45, 2.75) is 19.8 Å². The lowest BCUT2D eigenvalue weighted by atomic mass is 10.0. The molecule has 1 aliphatic heterocycles. The van der Waals surface area contributed by atoms with Crippen molar-refractivity contribution in [1.82, 2.24) is 4.90 Å². The number of hydrogen-bond donors (Lipinski definition) is 0. The molecule has 0 bridgehead atoms. The SMILES string of the molecule is CC1CCN(C(=O)COc2ccccc2Cc2ccccc2)C1. The minimum absolute atomic E-state index is 0.0869. The molecule has 0 aliphatic carbocycles. The quantitative estimate of drug-likeness (QED) is 0.845. The number of benzene rings is 2. The van der Waals surface area contributed by atoms with E-state index < -0.39 is 0 Å². The maximum absolute atomic E-state index is 12.2. The normalized spacial score (nSPS) is 17.3. The van der Waals surface area contributed by atoms with Crippen LogP contribution < -0.4 is 4.74 Å². The third-order valence-electron chi connectivity index (χ3n) is 4.34. The van der Waals surface area contributed by atoms with Gasteiger partial charge in [-0.05, 0) is 29.5 Å². The number of hydrogen-bond acceptors (Lipinski definition) is 2. The number of para-hydroxylation sites is 1. The van der Waals surface area contributed by atoms with Gasteiger partial charge in [-0.2, -0.15) is 0 Å². The first-order valence-corrected chi connectivity index (χ1v) is 8.25. The second kappa shape index (κ2) is 7.32. The van der Waals surface area contributed by atoms with Gasteiger partial charge in [0, 0.05) is 19.5 Å². The molecule has 2 aromatic rings. The lowest BCUT2D eigenvalue weighted by Crippen LogP contribution is -2.32. The van der Waals surface area contributed by atoms with Crippen LogP contribution in [0.15, 0.2) is 54.6 Å². The molecule has 120 valence electrons. The third-order valence-corrected chi connectivity index (χ3v) is 4.34. The van der Waals surface area contributed by atoms with E-state index >= 15 is 0 Å². The predicted molar refractivity (Wildman–Crippen MR) is 91.5 cm³/mol. The highest BCUT2D eigenvalue weighted by molar-refractivity contribution is 5.78. The molecule has 23 heavy (non-hydrogen) atoms. The van der Waals surface area contributed by atoms with E-state index in [9.17, 15) is 4.79 Å². The number of nitrogens with zero attached hydrogens (tertiary/aromatic N) is 1. The first-order valence-electron chi connectivity index (χ1n) is 8.25. The van der Waals surface area contributed by atoms with Crippen LogP contribution in [0.4, 0.5) is 0 Å². The van der Waals surface area contributed by atoms with Crippen LogP contribution in [0.5, 0.6) is 5.75 Å². The lowest BCUT2D eigenvalue weighted by molar-refractivity contribution is -0.132. The molecule has 3 rings (SSSR count). The summed E-state index contributed by atoms with van der Waals surface area (Å²) < 4.78 is 5.83. The van der Waals surface area contributed by atoms with Gasteiger partial charge in [0.15, 0.2) is 6.61 Å². The minimum Gasteiger partial charge on any atom is -0.483 e. The fourth-order valence-corrected chi connectivity index (χ4v) is 3.00. The Morgan fingerprint density at radius 1 is 1.13 bits per heavy atom. The topological polar surface area (TPSA) is 29.5 Å². The highest BCUT2D eigenvalue weighted by Crippen LogP contribution is 2.22. The third kappa shape index (κ3) is 4.13. The Hall–Kier alpha value is -2.29. The first kappa shape index (κ1) is 15.6. The average Bonchev–Trinajstić information content (AvgIpc) is 3.01. The molecule has 0 spiro atoms. The molecule has 2 aromatic carbocycles. The summed E-state index contributed by atoms with van der Waals surface area (Å²) >= 11 is 0. The molecule has 0 saturated carbocycles. The zero-order valence-electron chi connectivity index (χ0n) is 13.6. The summed E-state index contributed by atoms with van der Waals surface area (Å²) in [5.41, 5.74) is 2.35. The molecule has 0 radical (unpaired) electrons. The number of amides is 1. The molecule has 1 heterocycles. The molecule has 1 fully saturated rings.